The van der Waals surface area contributed by atoms with Gasteiger partial charge in [-0.15, -0.1) is 0 Å². The van der Waals surface area contributed by atoms with Crippen molar-refractivity contribution in [3.8, 4) is 0 Å². The minimum absolute atomic E-state index is 0.260. The van der Waals surface area contributed by atoms with Gasteiger partial charge in [0.2, 0.25) is 5.54 Å². The van der Waals surface area contributed by atoms with Gasteiger partial charge in [-0.2, -0.15) is 0 Å². The number of unbranched alkanes of at least 4 members (excludes halogenated alkanes) is 9. The van der Waals surface area contributed by atoms with Gasteiger partial charge in [-0.25, -0.2) is 0 Å². The number of nitrogens with zero attached hydrogens (tertiary/aromatic N) is 1. The number of hydrogen-bond donors (Lipinski definition) is 1. The van der Waals surface area contributed by atoms with E-state index in [1.807, 2.05) is 6.92 Å². The third kappa shape index (κ3) is 9.07. The average molecular weight is 301 g/mol. The van der Waals surface area contributed by atoms with Crippen LogP contribution < -0.4 is 0 Å². The van der Waals surface area contributed by atoms with E-state index < -0.39 is 5.54 Å². The Morgan fingerprint density at radius 1 is 0.810 bits per heavy atom. The van der Waals surface area contributed by atoms with Crippen LogP contribution in [0.25, 0.3) is 0 Å². The minimum Gasteiger partial charge on any atom is -0.389 e. The fraction of sp³-hybridized carbons (Fsp3) is 1.00. The Kier molecular flexibility index (Phi) is 12.7. The maximum atomic E-state index is 11.2. The molecule has 0 aliphatic rings. The van der Waals surface area contributed by atoms with E-state index in [0.29, 0.717) is 12.8 Å². The molecule has 0 rings (SSSR count). The molecule has 0 amide bonds. The highest BCUT2D eigenvalue weighted by molar-refractivity contribution is 4.78. The molecule has 0 radical (unpaired) electrons. The summed E-state index contributed by atoms with van der Waals surface area (Å²) in [5.41, 5.74) is -1.09. The summed E-state index contributed by atoms with van der Waals surface area (Å²) in [5, 5.41) is 20.6. The largest absolute Gasteiger partial charge is 0.389 e. The van der Waals surface area contributed by atoms with E-state index in [9.17, 15) is 15.2 Å². The van der Waals surface area contributed by atoms with Gasteiger partial charge in [0.25, 0.3) is 0 Å². The van der Waals surface area contributed by atoms with Crippen LogP contribution in [-0.4, -0.2) is 22.2 Å². The van der Waals surface area contributed by atoms with E-state index in [4.69, 9.17) is 0 Å². The highest BCUT2D eigenvalue weighted by atomic mass is 16.6. The van der Waals surface area contributed by atoms with Crippen LogP contribution in [0, 0.1) is 10.1 Å². The zero-order chi connectivity index (χ0) is 16.0. The number of aliphatic hydroxyl groups is 1. The second-order valence-corrected chi connectivity index (χ2v) is 6.32. The van der Waals surface area contributed by atoms with E-state index in [2.05, 4.69) is 6.92 Å². The minimum atomic E-state index is -1.09. The van der Waals surface area contributed by atoms with Crippen molar-refractivity contribution in [1.29, 1.82) is 0 Å². The summed E-state index contributed by atoms with van der Waals surface area (Å²) in [6, 6.07) is 0. The molecule has 0 heterocycles. The second kappa shape index (κ2) is 13.1. The molecule has 0 aromatic carbocycles. The Labute approximate surface area is 130 Å². The lowest BCUT2D eigenvalue weighted by atomic mass is 9.89. The Balaban J connectivity index is 3.65. The second-order valence-electron chi connectivity index (χ2n) is 6.32. The highest BCUT2D eigenvalue weighted by Crippen LogP contribution is 2.24. The summed E-state index contributed by atoms with van der Waals surface area (Å²) in [6.45, 7) is 3.84. The van der Waals surface area contributed by atoms with Crippen LogP contribution in [0.4, 0.5) is 0 Å². The quantitative estimate of drug-likeness (QED) is 0.260. The van der Waals surface area contributed by atoms with E-state index in [1.54, 1.807) is 0 Å². The Morgan fingerprint density at radius 2 is 1.29 bits per heavy atom. The van der Waals surface area contributed by atoms with Gasteiger partial charge < -0.3 is 5.11 Å². The first-order valence-electron chi connectivity index (χ1n) is 8.88. The molecule has 0 saturated heterocycles. The first kappa shape index (κ1) is 20.4. The molecular weight excluding hydrogens is 266 g/mol. The molecule has 1 atom stereocenters. The van der Waals surface area contributed by atoms with Gasteiger partial charge in [0.1, 0.15) is 6.61 Å². The third-order valence-corrected chi connectivity index (χ3v) is 4.39. The monoisotopic (exact) mass is 301 g/mol. The summed E-state index contributed by atoms with van der Waals surface area (Å²) in [7, 11) is 0. The first-order chi connectivity index (χ1) is 10.1. The zero-order valence-electron chi connectivity index (χ0n) is 14.1. The van der Waals surface area contributed by atoms with E-state index in [1.165, 1.54) is 51.4 Å². The summed E-state index contributed by atoms with van der Waals surface area (Å²) < 4.78 is 0. The molecule has 0 saturated carbocycles. The van der Waals surface area contributed by atoms with Crippen molar-refractivity contribution >= 4 is 0 Å². The van der Waals surface area contributed by atoms with Crippen molar-refractivity contribution in [2.24, 2.45) is 0 Å². The van der Waals surface area contributed by atoms with Gasteiger partial charge in [-0.05, 0) is 12.8 Å². The molecule has 0 spiro atoms. The summed E-state index contributed by atoms with van der Waals surface area (Å²) in [5.74, 6) is 0. The van der Waals surface area contributed by atoms with Gasteiger partial charge in [0.05, 0.1) is 0 Å². The lowest BCUT2D eigenvalue weighted by Gasteiger charge is -2.22. The van der Waals surface area contributed by atoms with Crippen LogP contribution in [0.3, 0.4) is 0 Å². The van der Waals surface area contributed by atoms with E-state index >= 15 is 0 Å². The van der Waals surface area contributed by atoms with Gasteiger partial charge in [-0.1, -0.05) is 71.6 Å². The number of nitro groups is 1. The maximum Gasteiger partial charge on any atom is 0.244 e. The van der Waals surface area contributed by atoms with Crippen molar-refractivity contribution in [2.45, 2.75) is 103 Å². The normalized spacial score (nSPS) is 14.0. The highest BCUT2D eigenvalue weighted by Gasteiger charge is 2.40. The van der Waals surface area contributed by atoms with Crippen molar-refractivity contribution in [2.75, 3.05) is 6.61 Å². The van der Waals surface area contributed by atoms with Crippen molar-refractivity contribution < 1.29 is 10.0 Å². The van der Waals surface area contributed by atoms with Crippen LogP contribution in [-0.2, 0) is 0 Å². The molecule has 0 aromatic rings. The molecule has 1 N–H and O–H groups in total. The molecule has 0 aliphatic carbocycles. The lowest BCUT2D eigenvalue weighted by Crippen LogP contribution is -2.42. The SMILES string of the molecule is CCCCCCCCCCCCC(CO)(CCC)[N+](=O)[O-]. The van der Waals surface area contributed by atoms with Crippen molar-refractivity contribution in [3.05, 3.63) is 10.1 Å². The molecule has 0 fully saturated rings. The van der Waals surface area contributed by atoms with Gasteiger partial charge in [0, 0.05) is 17.8 Å². The van der Waals surface area contributed by atoms with E-state index in [-0.39, 0.29) is 11.5 Å². The molecule has 126 valence electrons. The van der Waals surface area contributed by atoms with Gasteiger partial charge in [-0.3, -0.25) is 10.1 Å². The van der Waals surface area contributed by atoms with Gasteiger partial charge in [0.15, 0.2) is 0 Å². The molecule has 4 nitrogen and oxygen atoms in total. The molecule has 0 bridgehead atoms. The van der Waals surface area contributed by atoms with Crippen molar-refractivity contribution in [3.63, 3.8) is 0 Å². The zero-order valence-corrected chi connectivity index (χ0v) is 14.1. The third-order valence-electron chi connectivity index (χ3n) is 4.39. The van der Waals surface area contributed by atoms with E-state index in [0.717, 1.165) is 19.3 Å². The lowest BCUT2D eigenvalue weighted by molar-refractivity contribution is -0.576. The van der Waals surface area contributed by atoms with Crippen LogP contribution in [0.2, 0.25) is 0 Å². The number of hydrogen-bond acceptors (Lipinski definition) is 3. The molecule has 0 aliphatic heterocycles. The topological polar surface area (TPSA) is 63.4 Å². The van der Waals surface area contributed by atoms with Crippen LogP contribution in [0.5, 0.6) is 0 Å². The number of rotatable bonds is 15. The maximum absolute atomic E-state index is 11.2. The Bertz CT molecular complexity index is 258. The predicted molar refractivity (Wildman–Crippen MR) is 88.2 cm³/mol. The standard InChI is InChI=1S/C17H35NO3/c1-3-5-6-7-8-9-10-11-12-13-15-17(16-19,14-4-2)18(20)21/h19H,3-16H2,1-2H3. The summed E-state index contributed by atoms with van der Waals surface area (Å²) in [4.78, 5) is 10.9. The smallest absolute Gasteiger partial charge is 0.244 e. The fourth-order valence-electron chi connectivity index (χ4n) is 2.93. The molecule has 0 aromatic heterocycles. The Hall–Kier alpha value is -0.640. The van der Waals surface area contributed by atoms with Crippen LogP contribution >= 0.6 is 0 Å². The van der Waals surface area contributed by atoms with Crippen molar-refractivity contribution in [1.82, 2.24) is 0 Å². The average Bonchev–Trinajstić information content (AvgIpc) is 2.47. The first-order valence-corrected chi connectivity index (χ1v) is 8.88. The fourth-order valence-corrected chi connectivity index (χ4v) is 2.93. The molecule has 1 unspecified atom stereocenters. The molecule has 21 heavy (non-hydrogen) atoms. The van der Waals surface area contributed by atoms with Crippen LogP contribution in [0.1, 0.15) is 97.3 Å². The molecular formula is C17H35NO3. The predicted octanol–water partition coefficient (Wildman–Crippen LogP) is 5.11. The number of aliphatic hydroxyl groups excluding tert-OH is 1. The Morgan fingerprint density at radius 3 is 1.67 bits per heavy atom. The van der Waals surface area contributed by atoms with Gasteiger partial charge >= 0.3 is 0 Å². The summed E-state index contributed by atoms with van der Waals surface area (Å²) in [6.07, 6.45) is 14.0. The van der Waals surface area contributed by atoms with Crippen LogP contribution in [0.15, 0.2) is 0 Å². The summed E-state index contributed by atoms with van der Waals surface area (Å²) >= 11 is 0. The molecule has 4 heteroatoms.